The first-order valence-electron chi connectivity index (χ1n) is 12.6. The molecule has 0 aliphatic rings. The first kappa shape index (κ1) is 26.4. The second kappa shape index (κ2) is 17.6. The third-order valence-corrected chi connectivity index (χ3v) is 5.52. The second-order valence-corrected chi connectivity index (χ2v) is 8.54. The molecule has 2 aromatic heterocycles. The van der Waals surface area contributed by atoms with Crippen molar-refractivity contribution in [2.75, 3.05) is 26.2 Å². The van der Waals surface area contributed by atoms with Crippen molar-refractivity contribution in [1.82, 2.24) is 40.6 Å². The van der Waals surface area contributed by atoms with Crippen molar-refractivity contribution in [3.05, 3.63) is 23.8 Å². The molecule has 0 spiro atoms. The average Bonchev–Trinajstić information content (AvgIpc) is 3.43. The first-order chi connectivity index (χ1) is 15.8. The van der Waals surface area contributed by atoms with Crippen LogP contribution in [-0.4, -0.2) is 56.2 Å². The molecule has 8 N–H and O–H groups in total. The van der Waals surface area contributed by atoms with Crippen molar-refractivity contribution in [1.29, 1.82) is 0 Å². The minimum atomic E-state index is 0.811. The van der Waals surface area contributed by atoms with Crippen LogP contribution in [0.2, 0.25) is 0 Å². The lowest BCUT2D eigenvalue weighted by atomic mass is 10.1. The fourth-order valence-corrected chi connectivity index (χ4v) is 3.73. The van der Waals surface area contributed by atoms with Gasteiger partial charge in [0.25, 0.3) is 0 Å². The predicted octanol–water partition coefficient (Wildman–Crippen LogP) is 0.134. The highest BCUT2D eigenvalue weighted by molar-refractivity contribution is 4.91. The van der Waals surface area contributed by atoms with Crippen molar-refractivity contribution in [2.45, 2.75) is 90.4 Å². The zero-order valence-corrected chi connectivity index (χ0v) is 20.0. The molecule has 0 saturated carbocycles. The Morgan fingerprint density at radius 1 is 0.594 bits per heavy atom. The molecular formula is C22H46N10+2. The Morgan fingerprint density at radius 2 is 0.969 bits per heavy atom. The van der Waals surface area contributed by atoms with Crippen LogP contribution in [0.3, 0.4) is 0 Å². The Bertz CT molecular complexity index is 626. The standard InChI is InChI=1S/C22H44N10/c23-11-15-31-19-21(27-29-31)17-25-13-9-7-5-3-1-2-4-6-8-10-14-26-18-22-20-32(16-12-24)30-28-22/h19-20,25-26H,1-18,23-24H2/p+2. The van der Waals surface area contributed by atoms with Crippen LogP contribution >= 0.6 is 0 Å². The zero-order chi connectivity index (χ0) is 22.7. The molecular weight excluding hydrogens is 404 g/mol. The van der Waals surface area contributed by atoms with Gasteiger partial charge in [0.2, 0.25) is 0 Å². The molecule has 10 heteroatoms. The van der Waals surface area contributed by atoms with Gasteiger partial charge >= 0.3 is 0 Å². The molecule has 0 bridgehead atoms. The van der Waals surface area contributed by atoms with Gasteiger partial charge in [-0.2, -0.15) is 0 Å². The summed E-state index contributed by atoms with van der Waals surface area (Å²) in [6, 6.07) is 0. The van der Waals surface area contributed by atoms with Gasteiger partial charge in [0.1, 0.15) is 0 Å². The van der Waals surface area contributed by atoms with Gasteiger partial charge in [-0.1, -0.05) is 61.8 Å². The maximum Gasteiger partial charge on any atom is 0.0964 e. The summed E-state index contributed by atoms with van der Waals surface area (Å²) in [7, 11) is 0. The van der Waals surface area contributed by atoms with Crippen LogP contribution in [0.4, 0.5) is 0 Å². The van der Waals surface area contributed by atoms with Crippen LogP contribution in [0.5, 0.6) is 0 Å². The minimum Gasteiger partial charge on any atom is -0.356 e. The van der Waals surface area contributed by atoms with E-state index in [1.165, 1.54) is 64.2 Å². The Kier molecular flexibility index (Phi) is 14.5. The number of hydrogen-bond acceptors (Lipinski definition) is 6. The van der Waals surface area contributed by atoms with Crippen molar-refractivity contribution in [2.24, 2.45) is 0 Å². The summed E-state index contributed by atoms with van der Waals surface area (Å²) in [6.45, 7) is 7.11. The molecule has 0 saturated heterocycles. The molecule has 0 aliphatic carbocycles. The lowest BCUT2D eigenvalue weighted by Crippen LogP contribution is -2.52. The molecule has 32 heavy (non-hydrogen) atoms. The Hall–Kier alpha value is -1.88. The second-order valence-electron chi connectivity index (χ2n) is 8.54. The molecule has 0 fully saturated rings. The Morgan fingerprint density at radius 3 is 1.34 bits per heavy atom. The summed E-state index contributed by atoms with van der Waals surface area (Å²) in [5, 5.41) is 23.4. The monoisotopic (exact) mass is 450 g/mol. The van der Waals surface area contributed by atoms with Gasteiger partial charge < -0.3 is 22.1 Å². The van der Waals surface area contributed by atoms with E-state index in [0.29, 0.717) is 0 Å². The highest BCUT2D eigenvalue weighted by atomic mass is 15.4. The molecule has 0 amide bonds. The van der Waals surface area contributed by atoms with E-state index in [9.17, 15) is 0 Å². The van der Waals surface area contributed by atoms with Crippen molar-refractivity contribution in [3.8, 4) is 0 Å². The van der Waals surface area contributed by atoms with E-state index in [-0.39, 0.29) is 0 Å². The number of quaternary nitrogens is 2. The van der Waals surface area contributed by atoms with Crippen LogP contribution in [-0.2, 0) is 26.2 Å². The molecule has 0 aliphatic heterocycles. The molecule has 0 aromatic carbocycles. The van der Waals surface area contributed by atoms with Crippen molar-refractivity contribution < 1.29 is 11.5 Å². The zero-order valence-electron chi connectivity index (χ0n) is 20.0. The van der Waals surface area contributed by atoms with Gasteiger partial charge in [0.05, 0.1) is 37.6 Å². The number of unbranched alkanes of at least 4 members (excludes halogenated alkanes) is 9. The minimum absolute atomic E-state index is 0.811. The first-order valence-corrected chi connectivity index (χ1v) is 12.6. The molecule has 2 heterocycles. The van der Waals surface area contributed by atoms with Gasteiger partial charge in [0, 0.05) is 25.5 Å². The largest absolute Gasteiger partial charge is 0.356 e. The quantitative estimate of drug-likeness (QED) is 0.199. The summed E-state index contributed by atoms with van der Waals surface area (Å²) < 4.78 is 3.73. The molecule has 10 nitrogen and oxygen atoms in total. The summed E-state index contributed by atoms with van der Waals surface area (Å²) in [5.74, 6) is 0. The topological polar surface area (TPSA) is 141 Å². The van der Waals surface area contributed by atoms with E-state index >= 15 is 0 Å². The highest BCUT2D eigenvalue weighted by Crippen LogP contribution is 2.10. The van der Waals surface area contributed by atoms with Gasteiger partial charge in [0.15, 0.2) is 0 Å². The summed E-state index contributed by atoms with van der Waals surface area (Å²) in [6.07, 6.45) is 17.3. The van der Waals surface area contributed by atoms with Crippen LogP contribution in [0, 0.1) is 0 Å². The van der Waals surface area contributed by atoms with Crippen molar-refractivity contribution in [3.63, 3.8) is 0 Å². The van der Waals surface area contributed by atoms with Gasteiger partial charge in [-0.25, -0.2) is 9.36 Å². The summed E-state index contributed by atoms with van der Waals surface area (Å²) in [4.78, 5) is 0. The van der Waals surface area contributed by atoms with E-state index in [0.717, 1.165) is 63.7 Å². The SMILES string of the molecule is [NH3+]CCn1cc(CNCCCCCCCCCCCCNCc2cn(CC[NH3+])nn2)nn1. The molecule has 2 aromatic rings. The Labute approximate surface area is 192 Å². The summed E-state index contributed by atoms with van der Waals surface area (Å²) in [5.41, 5.74) is 9.71. The maximum atomic E-state index is 4.17. The number of rotatable bonds is 21. The fraction of sp³-hybridized carbons (Fsp3) is 0.818. The normalized spacial score (nSPS) is 11.4. The molecule has 2 rings (SSSR count). The van der Waals surface area contributed by atoms with E-state index in [1.54, 1.807) is 0 Å². The highest BCUT2D eigenvalue weighted by Gasteiger charge is 2.01. The average molecular weight is 451 g/mol. The van der Waals surface area contributed by atoms with E-state index < -0.39 is 0 Å². The molecule has 0 unspecified atom stereocenters. The number of nitrogens with zero attached hydrogens (tertiary/aromatic N) is 6. The number of nitrogens with one attached hydrogen (secondary N) is 2. The van der Waals surface area contributed by atoms with E-state index in [1.807, 2.05) is 21.8 Å². The predicted molar refractivity (Wildman–Crippen MR) is 125 cm³/mol. The summed E-state index contributed by atoms with van der Waals surface area (Å²) >= 11 is 0. The van der Waals surface area contributed by atoms with Gasteiger partial charge in [-0.15, -0.1) is 10.2 Å². The van der Waals surface area contributed by atoms with Crippen LogP contribution in [0.1, 0.15) is 75.6 Å². The third kappa shape index (κ3) is 12.2. The van der Waals surface area contributed by atoms with Gasteiger partial charge in [-0.05, 0) is 25.9 Å². The van der Waals surface area contributed by atoms with Crippen molar-refractivity contribution >= 4 is 0 Å². The molecule has 182 valence electrons. The number of aromatic nitrogens is 6. The molecule has 0 radical (unpaired) electrons. The van der Waals surface area contributed by atoms with Crippen LogP contribution in [0.15, 0.2) is 12.4 Å². The smallest absolute Gasteiger partial charge is 0.0964 e. The maximum absolute atomic E-state index is 4.17. The fourth-order valence-electron chi connectivity index (χ4n) is 3.73. The van der Waals surface area contributed by atoms with E-state index in [4.69, 9.17) is 0 Å². The number of hydrogen-bond donors (Lipinski definition) is 4. The molecule has 0 atom stereocenters. The van der Waals surface area contributed by atoms with Crippen LogP contribution < -0.4 is 22.1 Å². The van der Waals surface area contributed by atoms with E-state index in [2.05, 4.69) is 42.7 Å². The third-order valence-electron chi connectivity index (χ3n) is 5.52. The lowest BCUT2D eigenvalue weighted by Gasteiger charge is -2.04. The lowest BCUT2D eigenvalue weighted by molar-refractivity contribution is -0.370. The Balaban J connectivity index is 1.27. The van der Waals surface area contributed by atoms with Gasteiger partial charge in [-0.3, -0.25) is 0 Å². The van der Waals surface area contributed by atoms with Crippen LogP contribution in [0.25, 0.3) is 0 Å².